The van der Waals surface area contributed by atoms with Crippen molar-refractivity contribution in [2.75, 3.05) is 0 Å². The fourth-order valence-electron chi connectivity index (χ4n) is 1.49. The second-order valence-corrected chi connectivity index (χ2v) is 5.57. The number of rotatable bonds is 5. The van der Waals surface area contributed by atoms with Gasteiger partial charge in [0.2, 0.25) is 5.82 Å². The summed E-state index contributed by atoms with van der Waals surface area (Å²) in [5, 5.41) is 15.0. The summed E-state index contributed by atoms with van der Waals surface area (Å²) in [6.07, 6.45) is 1.70. The van der Waals surface area contributed by atoms with Crippen LogP contribution in [0.25, 0.3) is 0 Å². The summed E-state index contributed by atoms with van der Waals surface area (Å²) in [6, 6.07) is 3.83. The molecule has 0 atom stereocenters. The van der Waals surface area contributed by atoms with Gasteiger partial charge in [-0.25, -0.2) is 0 Å². The summed E-state index contributed by atoms with van der Waals surface area (Å²) < 4.78 is 5.54. The minimum absolute atomic E-state index is 0.0779. The van der Waals surface area contributed by atoms with Gasteiger partial charge < -0.3 is 10.1 Å². The van der Waals surface area contributed by atoms with Crippen LogP contribution < -0.4 is 10.1 Å². The van der Waals surface area contributed by atoms with E-state index in [2.05, 4.69) is 46.5 Å². The molecule has 0 saturated carbocycles. The van der Waals surface area contributed by atoms with Crippen LogP contribution in [0.3, 0.4) is 0 Å². The number of nitrogens with one attached hydrogen (secondary N) is 1. The number of aryl methyl sites for hydroxylation is 1. The van der Waals surface area contributed by atoms with Gasteiger partial charge in [0.05, 0.1) is 18.9 Å². The summed E-state index contributed by atoms with van der Waals surface area (Å²) in [6.45, 7) is 7.39. The Morgan fingerprint density at radius 3 is 2.65 bits per heavy atom. The third-order valence-corrected chi connectivity index (χ3v) is 2.52. The molecule has 0 radical (unpaired) electrons. The van der Waals surface area contributed by atoms with Crippen LogP contribution in [0.15, 0.2) is 18.3 Å². The lowest BCUT2D eigenvalue weighted by Crippen LogP contribution is -2.35. The molecule has 7 nitrogen and oxygen atoms in total. The molecule has 2 heterocycles. The van der Waals surface area contributed by atoms with Gasteiger partial charge in [-0.05, 0) is 38.1 Å². The number of hydrogen-bond donors (Lipinski definition) is 1. The molecule has 0 aliphatic carbocycles. The quantitative estimate of drug-likeness (QED) is 0.880. The van der Waals surface area contributed by atoms with E-state index >= 15 is 0 Å². The number of ether oxygens (including phenoxy) is 1. The average Bonchev–Trinajstić information content (AvgIpc) is 2.80. The summed E-state index contributed by atoms with van der Waals surface area (Å²) in [7, 11) is 1.72. The van der Waals surface area contributed by atoms with E-state index in [0.29, 0.717) is 11.6 Å². The molecule has 2 aromatic heterocycles. The SMILES string of the molecule is Cn1nnc(COc2ccc(CNC(C)(C)C)nc2)n1. The Morgan fingerprint density at radius 1 is 1.30 bits per heavy atom. The molecule has 0 fully saturated rings. The Morgan fingerprint density at radius 2 is 2.10 bits per heavy atom. The Bertz CT molecular complexity index is 543. The van der Waals surface area contributed by atoms with Gasteiger partial charge in [0.25, 0.3) is 0 Å². The van der Waals surface area contributed by atoms with E-state index in [9.17, 15) is 0 Å². The van der Waals surface area contributed by atoms with Crippen molar-refractivity contribution in [2.45, 2.75) is 39.5 Å². The van der Waals surface area contributed by atoms with Crippen molar-refractivity contribution in [1.29, 1.82) is 0 Å². The van der Waals surface area contributed by atoms with E-state index in [4.69, 9.17) is 4.74 Å². The van der Waals surface area contributed by atoms with Crippen molar-refractivity contribution >= 4 is 0 Å². The van der Waals surface area contributed by atoms with Crippen molar-refractivity contribution in [3.63, 3.8) is 0 Å². The van der Waals surface area contributed by atoms with Gasteiger partial charge in [0.15, 0.2) is 6.61 Å². The molecular weight excluding hydrogens is 256 g/mol. The predicted molar refractivity (Wildman–Crippen MR) is 74.0 cm³/mol. The molecule has 0 saturated heterocycles. The molecule has 2 rings (SSSR count). The topological polar surface area (TPSA) is 77.8 Å². The molecule has 1 N–H and O–H groups in total. The van der Waals surface area contributed by atoms with Crippen molar-refractivity contribution < 1.29 is 4.74 Å². The van der Waals surface area contributed by atoms with Crippen molar-refractivity contribution in [3.05, 3.63) is 29.8 Å². The molecule has 0 aliphatic heterocycles. The highest BCUT2D eigenvalue weighted by molar-refractivity contribution is 5.20. The van der Waals surface area contributed by atoms with Crippen molar-refractivity contribution in [2.24, 2.45) is 7.05 Å². The van der Waals surface area contributed by atoms with Crippen LogP contribution in [0, 0.1) is 0 Å². The van der Waals surface area contributed by atoms with Gasteiger partial charge in [0.1, 0.15) is 5.75 Å². The maximum absolute atomic E-state index is 5.54. The standard InChI is InChI=1S/C13H20N6O/c1-13(2,3)15-7-10-5-6-11(8-14-10)20-9-12-16-18-19(4)17-12/h5-6,8,15H,7,9H2,1-4H3. The lowest BCUT2D eigenvalue weighted by Gasteiger charge is -2.20. The zero-order valence-corrected chi connectivity index (χ0v) is 12.3. The number of nitrogens with zero attached hydrogens (tertiary/aromatic N) is 5. The Labute approximate surface area is 118 Å². The Hall–Kier alpha value is -2.02. The highest BCUT2D eigenvalue weighted by Crippen LogP contribution is 2.11. The summed E-state index contributed by atoms with van der Waals surface area (Å²) in [5.41, 5.74) is 1.05. The molecule has 0 aromatic carbocycles. The summed E-state index contributed by atoms with van der Waals surface area (Å²) in [4.78, 5) is 5.75. The maximum atomic E-state index is 5.54. The van der Waals surface area contributed by atoms with Crippen LogP contribution in [0.2, 0.25) is 0 Å². The van der Waals surface area contributed by atoms with E-state index in [1.165, 1.54) is 4.80 Å². The van der Waals surface area contributed by atoms with Gasteiger partial charge in [-0.15, -0.1) is 10.2 Å². The van der Waals surface area contributed by atoms with Gasteiger partial charge in [-0.2, -0.15) is 4.80 Å². The first-order valence-corrected chi connectivity index (χ1v) is 6.48. The number of aromatic nitrogens is 5. The molecular formula is C13H20N6O. The third-order valence-electron chi connectivity index (χ3n) is 2.52. The second kappa shape index (κ2) is 5.96. The largest absolute Gasteiger partial charge is 0.484 e. The van der Waals surface area contributed by atoms with Crippen LogP contribution in [0.5, 0.6) is 5.75 Å². The Kier molecular flexibility index (Phi) is 4.29. The van der Waals surface area contributed by atoms with Crippen LogP contribution in [-0.4, -0.2) is 30.7 Å². The molecule has 0 spiro atoms. The first-order valence-electron chi connectivity index (χ1n) is 6.48. The van der Waals surface area contributed by atoms with E-state index in [-0.39, 0.29) is 12.1 Å². The van der Waals surface area contributed by atoms with Crippen molar-refractivity contribution in [1.82, 2.24) is 30.5 Å². The fraction of sp³-hybridized carbons (Fsp3) is 0.538. The Balaban J connectivity index is 1.85. The third kappa shape index (κ3) is 4.58. The molecule has 0 unspecified atom stereocenters. The molecule has 7 heteroatoms. The minimum Gasteiger partial charge on any atom is -0.484 e. The van der Waals surface area contributed by atoms with Crippen LogP contribution in [-0.2, 0) is 20.2 Å². The van der Waals surface area contributed by atoms with Gasteiger partial charge in [0, 0.05) is 12.1 Å². The van der Waals surface area contributed by atoms with E-state index < -0.39 is 0 Å². The smallest absolute Gasteiger partial charge is 0.212 e. The molecule has 20 heavy (non-hydrogen) atoms. The highest BCUT2D eigenvalue weighted by Gasteiger charge is 2.09. The zero-order valence-electron chi connectivity index (χ0n) is 12.3. The summed E-state index contributed by atoms with van der Waals surface area (Å²) >= 11 is 0. The maximum Gasteiger partial charge on any atom is 0.212 e. The normalized spacial score (nSPS) is 11.6. The van der Waals surface area contributed by atoms with E-state index in [1.807, 2.05) is 12.1 Å². The molecule has 0 amide bonds. The average molecular weight is 276 g/mol. The monoisotopic (exact) mass is 276 g/mol. The first kappa shape index (κ1) is 14.4. The van der Waals surface area contributed by atoms with E-state index in [1.54, 1.807) is 13.2 Å². The van der Waals surface area contributed by atoms with Crippen LogP contribution in [0.1, 0.15) is 32.3 Å². The summed E-state index contributed by atoms with van der Waals surface area (Å²) in [5.74, 6) is 1.24. The highest BCUT2D eigenvalue weighted by atomic mass is 16.5. The van der Waals surface area contributed by atoms with E-state index in [0.717, 1.165) is 12.2 Å². The number of hydrogen-bond acceptors (Lipinski definition) is 6. The van der Waals surface area contributed by atoms with Crippen LogP contribution >= 0.6 is 0 Å². The van der Waals surface area contributed by atoms with Crippen LogP contribution in [0.4, 0.5) is 0 Å². The molecule has 0 aliphatic rings. The lowest BCUT2D eigenvalue weighted by atomic mass is 10.1. The number of tetrazole rings is 1. The molecule has 2 aromatic rings. The van der Waals surface area contributed by atoms with Gasteiger partial charge >= 0.3 is 0 Å². The minimum atomic E-state index is 0.0779. The van der Waals surface area contributed by atoms with Crippen molar-refractivity contribution in [3.8, 4) is 5.75 Å². The molecule has 0 bridgehead atoms. The zero-order chi connectivity index (χ0) is 14.6. The first-order chi connectivity index (χ1) is 9.42. The van der Waals surface area contributed by atoms with Gasteiger partial charge in [-0.1, -0.05) is 0 Å². The number of pyridine rings is 1. The fourth-order valence-corrected chi connectivity index (χ4v) is 1.49. The lowest BCUT2D eigenvalue weighted by molar-refractivity contribution is 0.294. The molecule has 108 valence electrons. The van der Waals surface area contributed by atoms with Gasteiger partial charge in [-0.3, -0.25) is 4.98 Å². The predicted octanol–water partition coefficient (Wildman–Crippen LogP) is 1.07. The second-order valence-electron chi connectivity index (χ2n) is 5.57.